The second-order valence-electron chi connectivity index (χ2n) is 5.61. The van der Waals surface area contributed by atoms with Crippen molar-refractivity contribution < 1.29 is 10.0 Å². The highest BCUT2D eigenvalue weighted by atomic mass is 16.6. The molecule has 0 saturated heterocycles. The monoisotopic (exact) mass is 303 g/mol. The number of hydrogen-bond acceptors (Lipinski definition) is 3. The molecule has 0 radical (unpaired) electrons. The van der Waals surface area contributed by atoms with Gasteiger partial charge in [-0.15, -0.1) is 0 Å². The lowest BCUT2D eigenvalue weighted by molar-refractivity contribution is -0.385. The number of aliphatic hydroxyl groups is 1. The molecule has 23 heavy (non-hydrogen) atoms. The summed E-state index contributed by atoms with van der Waals surface area (Å²) in [5, 5.41) is 22.6. The molecule has 0 unspecified atom stereocenters. The lowest BCUT2D eigenvalue weighted by Crippen LogP contribution is -2.26. The molecule has 1 aliphatic carbocycles. The number of hydrogen-bond donors (Lipinski definition) is 1. The first-order valence-electron chi connectivity index (χ1n) is 7.29. The SMILES string of the molecule is O=[N+]([O-])c1cccc(C2(O)c3ccccc3-c3ccccc32)c1. The molecule has 3 aromatic carbocycles. The van der Waals surface area contributed by atoms with Gasteiger partial charge in [-0.3, -0.25) is 10.1 Å². The van der Waals surface area contributed by atoms with Crippen molar-refractivity contribution in [3.05, 3.63) is 99.6 Å². The first kappa shape index (κ1) is 13.7. The molecule has 112 valence electrons. The van der Waals surface area contributed by atoms with Crippen molar-refractivity contribution in [1.29, 1.82) is 0 Å². The van der Waals surface area contributed by atoms with E-state index >= 15 is 0 Å². The lowest BCUT2D eigenvalue weighted by atomic mass is 9.84. The summed E-state index contributed by atoms with van der Waals surface area (Å²) in [6.07, 6.45) is 0. The molecule has 0 spiro atoms. The number of benzene rings is 3. The molecule has 0 atom stereocenters. The number of rotatable bonds is 2. The maximum Gasteiger partial charge on any atom is 0.269 e. The molecule has 0 bridgehead atoms. The number of non-ortho nitro benzene ring substituents is 1. The summed E-state index contributed by atoms with van der Waals surface area (Å²) >= 11 is 0. The Morgan fingerprint density at radius 1 is 0.826 bits per heavy atom. The van der Waals surface area contributed by atoms with Crippen LogP contribution in [0, 0.1) is 10.1 Å². The molecule has 1 N–H and O–H groups in total. The molecule has 0 saturated carbocycles. The quantitative estimate of drug-likeness (QED) is 0.577. The normalized spacial score (nSPS) is 14.1. The predicted molar refractivity (Wildman–Crippen MR) is 87.1 cm³/mol. The first-order chi connectivity index (χ1) is 11.1. The van der Waals surface area contributed by atoms with Crippen molar-refractivity contribution in [3.8, 4) is 11.1 Å². The lowest BCUT2D eigenvalue weighted by Gasteiger charge is -2.26. The van der Waals surface area contributed by atoms with Gasteiger partial charge in [0.05, 0.1) is 4.92 Å². The van der Waals surface area contributed by atoms with Crippen LogP contribution < -0.4 is 0 Å². The Bertz CT molecular complexity index is 888. The number of fused-ring (bicyclic) bond motifs is 3. The molecule has 0 heterocycles. The van der Waals surface area contributed by atoms with Crippen molar-refractivity contribution in [2.45, 2.75) is 5.60 Å². The van der Waals surface area contributed by atoms with Crippen LogP contribution in [-0.2, 0) is 5.60 Å². The second-order valence-corrected chi connectivity index (χ2v) is 5.61. The smallest absolute Gasteiger partial charge is 0.269 e. The summed E-state index contributed by atoms with van der Waals surface area (Å²) in [5.74, 6) is 0. The summed E-state index contributed by atoms with van der Waals surface area (Å²) in [4.78, 5) is 10.6. The largest absolute Gasteiger partial charge is 0.376 e. The van der Waals surface area contributed by atoms with Crippen molar-refractivity contribution in [2.75, 3.05) is 0 Å². The van der Waals surface area contributed by atoms with Crippen LogP contribution in [-0.4, -0.2) is 10.0 Å². The topological polar surface area (TPSA) is 63.4 Å². The van der Waals surface area contributed by atoms with Crippen LogP contribution in [0.4, 0.5) is 5.69 Å². The highest BCUT2D eigenvalue weighted by Crippen LogP contribution is 2.50. The molecule has 4 nitrogen and oxygen atoms in total. The minimum Gasteiger partial charge on any atom is -0.376 e. The third kappa shape index (κ3) is 1.82. The van der Waals surface area contributed by atoms with Crippen molar-refractivity contribution >= 4 is 5.69 Å². The van der Waals surface area contributed by atoms with E-state index < -0.39 is 10.5 Å². The standard InChI is InChI=1S/C19H13NO3/c21-19(13-6-5-7-14(12-13)20(22)23)17-10-3-1-8-15(17)16-9-2-4-11-18(16)19/h1-12,21H. The minimum atomic E-state index is -1.38. The molecule has 4 rings (SSSR count). The van der Waals surface area contributed by atoms with E-state index in [9.17, 15) is 15.2 Å². The molecule has 0 fully saturated rings. The minimum absolute atomic E-state index is 0.0298. The molecule has 0 aliphatic heterocycles. The van der Waals surface area contributed by atoms with Crippen molar-refractivity contribution in [3.63, 3.8) is 0 Å². The Hall–Kier alpha value is -2.98. The average molecular weight is 303 g/mol. The summed E-state index contributed by atoms with van der Waals surface area (Å²) in [5.41, 5.74) is 2.51. The van der Waals surface area contributed by atoms with Gasteiger partial charge >= 0.3 is 0 Å². The molecule has 3 aromatic rings. The maximum absolute atomic E-state index is 11.6. The fourth-order valence-electron chi connectivity index (χ4n) is 3.37. The molecule has 0 aromatic heterocycles. The third-order valence-electron chi connectivity index (χ3n) is 4.40. The van der Waals surface area contributed by atoms with Crippen molar-refractivity contribution in [2.24, 2.45) is 0 Å². The summed E-state index contributed by atoms with van der Waals surface area (Å²) in [6, 6.07) is 21.5. The Kier molecular flexibility index (Phi) is 2.83. The van der Waals surface area contributed by atoms with E-state index in [2.05, 4.69) is 0 Å². The Balaban J connectivity index is 2.04. The van der Waals surface area contributed by atoms with Gasteiger partial charge in [0.2, 0.25) is 0 Å². The van der Waals surface area contributed by atoms with Crippen LogP contribution in [0.15, 0.2) is 72.8 Å². The average Bonchev–Trinajstić information content (AvgIpc) is 2.86. The maximum atomic E-state index is 11.6. The summed E-state index contributed by atoms with van der Waals surface area (Å²) in [6.45, 7) is 0. The van der Waals surface area contributed by atoms with Crippen LogP contribution >= 0.6 is 0 Å². The van der Waals surface area contributed by atoms with Crippen LogP contribution in [0.3, 0.4) is 0 Å². The van der Waals surface area contributed by atoms with Gasteiger partial charge in [0, 0.05) is 23.3 Å². The molecule has 4 heteroatoms. The van der Waals surface area contributed by atoms with E-state index in [-0.39, 0.29) is 5.69 Å². The molecular formula is C19H13NO3. The zero-order chi connectivity index (χ0) is 16.0. The van der Waals surface area contributed by atoms with Gasteiger partial charge in [-0.2, -0.15) is 0 Å². The van der Waals surface area contributed by atoms with Gasteiger partial charge < -0.3 is 5.11 Å². The van der Waals surface area contributed by atoms with Crippen LogP contribution in [0.2, 0.25) is 0 Å². The number of nitrogens with zero attached hydrogens (tertiary/aromatic N) is 1. The van der Waals surface area contributed by atoms with E-state index in [1.807, 2.05) is 48.5 Å². The van der Waals surface area contributed by atoms with Crippen LogP contribution in [0.25, 0.3) is 11.1 Å². The van der Waals surface area contributed by atoms with Crippen LogP contribution in [0.5, 0.6) is 0 Å². The van der Waals surface area contributed by atoms with E-state index in [4.69, 9.17) is 0 Å². The van der Waals surface area contributed by atoms with Crippen molar-refractivity contribution in [1.82, 2.24) is 0 Å². The Morgan fingerprint density at radius 3 is 1.96 bits per heavy atom. The van der Waals surface area contributed by atoms with Gasteiger partial charge in [0.15, 0.2) is 0 Å². The highest BCUT2D eigenvalue weighted by Gasteiger charge is 2.43. The van der Waals surface area contributed by atoms with Gasteiger partial charge in [0.1, 0.15) is 5.60 Å². The number of nitro benzene ring substituents is 1. The fourth-order valence-corrected chi connectivity index (χ4v) is 3.37. The van der Waals surface area contributed by atoms with E-state index in [0.29, 0.717) is 5.56 Å². The molecule has 1 aliphatic rings. The zero-order valence-corrected chi connectivity index (χ0v) is 12.1. The predicted octanol–water partition coefficient (Wildman–Crippen LogP) is 3.86. The summed E-state index contributed by atoms with van der Waals surface area (Å²) in [7, 11) is 0. The van der Waals surface area contributed by atoms with E-state index in [1.54, 1.807) is 12.1 Å². The van der Waals surface area contributed by atoms with E-state index in [1.165, 1.54) is 12.1 Å². The number of nitro groups is 1. The molecular weight excluding hydrogens is 290 g/mol. The van der Waals surface area contributed by atoms with Gasteiger partial charge in [-0.1, -0.05) is 60.7 Å². The van der Waals surface area contributed by atoms with Gasteiger partial charge in [-0.25, -0.2) is 0 Å². The highest BCUT2D eigenvalue weighted by molar-refractivity contribution is 5.82. The zero-order valence-electron chi connectivity index (χ0n) is 12.1. The molecule has 0 amide bonds. The summed E-state index contributed by atoms with van der Waals surface area (Å²) < 4.78 is 0. The first-order valence-corrected chi connectivity index (χ1v) is 7.29. The fraction of sp³-hybridized carbons (Fsp3) is 0.0526. The van der Waals surface area contributed by atoms with Crippen LogP contribution in [0.1, 0.15) is 16.7 Å². The Morgan fingerprint density at radius 2 is 1.39 bits per heavy atom. The third-order valence-corrected chi connectivity index (χ3v) is 4.40. The second kappa shape index (κ2) is 4.76. The van der Waals surface area contributed by atoms with E-state index in [0.717, 1.165) is 22.3 Å². The van der Waals surface area contributed by atoms with Gasteiger partial charge in [0.25, 0.3) is 5.69 Å². The Labute approximate surface area is 132 Å². The van der Waals surface area contributed by atoms with Gasteiger partial charge in [-0.05, 0) is 16.7 Å².